The smallest absolute Gasteiger partial charge is 0.311 e. The fraction of sp³-hybridized carbons (Fsp3) is 0.348. The van der Waals surface area contributed by atoms with E-state index >= 15 is 0 Å². The molecule has 0 bridgehead atoms. The molecule has 3 rings (SSSR count). The third-order valence-electron chi connectivity index (χ3n) is 5.15. The van der Waals surface area contributed by atoms with E-state index < -0.39 is 11.9 Å². The highest BCUT2D eigenvalue weighted by Gasteiger charge is 2.36. The fourth-order valence-electron chi connectivity index (χ4n) is 3.40. The molecule has 0 radical (unpaired) electrons. The number of ether oxygens (including phenoxy) is 1. The van der Waals surface area contributed by atoms with E-state index in [0.717, 1.165) is 23.2 Å². The summed E-state index contributed by atoms with van der Waals surface area (Å²) in [7, 11) is 0. The maximum absolute atomic E-state index is 12.4. The van der Waals surface area contributed by atoms with Gasteiger partial charge in [0.2, 0.25) is 11.7 Å². The van der Waals surface area contributed by atoms with Crippen molar-refractivity contribution >= 4 is 23.3 Å². The van der Waals surface area contributed by atoms with E-state index in [0.29, 0.717) is 5.56 Å². The van der Waals surface area contributed by atoms with Crippen LogP contribution < -0.4 is 4.90 Å². The summed E-state index contributed by atoms with van der Waals surface area (Å²) >= 11 is 0. The Kier molecular flexibility index (Phi) is 5.93. The number of ketones is 1. The van der Waals surface area contributed by atoms with E-state index in [1.54, 1.807) is 11.0 Å². The van der Waals surface area contributed by atoms with Crippen LogP contribution in [0.5, 0.6) is 0 Å². The molecule has 1 aliphatic heterocycles. The highest BCUT2D eigenvalue weighted by molar-refractivity contribution is 6.01. The van der Waals surface area contributed by atoms with Gasteiger partial charge < -0.3 is 9.64 Å². The van der Waals surface area contributed by atoms with Gasteiger partial charge in [-0.25, -0.2) is 0 Å². The van der Waals surface area contributed by atoms with Gasteiger partial charge in [-0.2, -0.15) is 0 Å². The summed E-state index contributed by atoms with van der Waals surface area (Å²) in [5.41, 5.74) is 4.36. The van der Waals surface area contributed by atoms with E-state index in [-0.39, 0.29) is 31.3 Å². The van der Waals surface area contributed by atoms with Crippen LogP contribution in [0.4, 0.5) is 5.69 Å². The molecule has 1 amide bonds. The lowest BCUT2D eigenvalue weighted by Gasteiger charge is -2.17. The topological polar surface area (TPSA) is 63.7 Å². The SMILES string of the molecule is CCc1ccc(N2CC(C(=O)OCC(=O)c3cc(C)ccc3C)CC2=O)cc1. The van der Waals surface area contributed by atoms with Gasteiger partial charge in [-0.15, -0.1) is 0 Å². The summed E-state index contributed by atoms with van der Waals surface area (Å²) in [5.74, 6) is -1.39. The zero-order valence-electron chi connectivity index (χ0n) is 16.5. The Labute approximate surface area is 165 Å². The largest absolute Gasteiger partial charge is 0.457 e. The second-order valence-electron chi connectivity index (χ2n) is 7.27. The average molecular weight is 379 g/mol. The minimum Gasteiger partial charge on any atom is -0.457 e. The lowest BCUT2D eigenvalue weighted by molar-refractivity contribution is -0.147. The van der Waals surface area contributed by atoms with Gasteiger partial charge in [-0.05, 0) is 49.6 Å². The van der Waals surface area contributed by atoms with Crippen molar-refractivity contribution in [3.63, 3.8) is 0 Å². The first kappa shape index (κ1) is 19.8. The van der Waals surface area contributed by atoms with Crippen molar-refractivity contribution in [3.8, 4) is 0 Å². The quantitative estimate of drug-likeness (QED) is 0.568. The molecule has 0 N–H and O–H groups in total. The Morgan fingerprint density at radius 3 is 2.50 bits per heavy atom. The minimum absolute atomic E-state index is 0.103. The van der Waals surface area contributed by atoms with Crippen molar-refractivity contribution in [1.29, 1.82) is 0 Å². The maximum atomic E-state index is 12.4. The summed E-state index contributed by atoms with van der Waals surface area (Å²) in [6.07, 6.45) is 1.03. The molecule has 1 saturated heterocycles. The van der Waals surface area contributed by atoms with E-state index in [1.165, 1.54) is 5.56 Å². The Hall–Kier alpha value is -2.95. The van der Waals surface area contributed by atoms with Gasteiger partial charge in [-0.1, -0.05) is 36.8 Å². The number of hydrogen-bond acceptors (Lipinski definition) is 4. The first-order valence-corrected chi connectivity index (χ1v) is 9.55. The molecule has 0 saturated carbocycles. The first-order chi connectivity index (χ1) is 13.4. The Balaban J connectivity index is 1.60. The van der Waals surface area contributed by atoms with Gasteiger partial charge in [0.1, 0.15) is 0 Å². The molecule has 0 spiro atoms. The maximum Gasteiger partial charge on any atom is 0.311 e. The number of carbonyl (C=O) groups excluding carboxylic acids is 3. The molecule has 1 atom stereocenters. The molecule has 28 heavy (non-hydrogen) atoms. The van der Waals surface area contributed by atoms with Crippen LogP contribution in [0.2, 0.25) is 0 Å². The van der Waals surface area contributed by atoms with Crippen LogP contribution in [0.15, 0.2) is 42.5 Å². The number of Topliss-reactive ketones (excluding diaryl/α,β-unsaturated/α-hetero) is 1. The van der Waals surface area contributed by atoms with E-state index in [4.69, 9.17) is 4.74 Å². The van der Waals surface area contributed by atoms with Gasteiger partial charge in [-0.3, -0.25) is 14.4 Å². The zero-order valence-corrected chi connectivity index (χ0v) is 16.5. The van der Waals surface area contributed by atoms with Gasteiger partial charge >= 0.3 is 5.97 Å². The Bertz CT molecular complexity index is 901. The van der Waals surface area contributed by atoms with Crippen molar-refractivity contribution in [2.75, 3.05) is 18.1 Å². The van der Waals surface area contributed by atoms with E-state index in [9.17, 15) is 14.4 Å². The predicted octanol–water partition coefficient (Wildman–Crippen LogP) is 3.64. The highest BCUT2D eigenvalue weighted by atomic mass is 16.5. The molecule has 2 aromatic carbocycles. The number of rotatable bonds is 6. The summed E-state index contributed by atoms with van der Waals surface area (Å²) < 4.78 is 5.24. The third-order valence-corrected chi connectivity index (χ3v) is 5.15. The normalized spacial score (nSPS) is 16.3. The number of amides is 1. The molecular weight excluding hydrogens is 354 g/mol. The van der Waals surface area contributed by atoms with Crippen LogP contribution >= 0.6 is 0 Å². The number of nitrogens with zero attached hydrogens (tertiary/aromatic N) is 1. The second kappa shape index (κ2) is 8.38. The van der Waals surface area contributed by atoms with Crippen LogP contribution in [0, 0.1) is 19.8 Å². The van der Waals surface area contributed by atoms with Crippen molar-refractivity contribution in [2.45, 2.75) is 33.6 Å². The number of aryl methyl sites for hydroxylation is 3. The molecule has 1 unspecified atom stereocenters. The monoisotopic (exact) mass is 379 g/mol. The molecule has 1 heterocycles. The number of anilines is 1. The average Bonchev–Trinajstić information content (AvgIpc) is 3.09. The van der Waals surface area contributed by atoms with Crippen molar-refractivity contribution in [2.24, 2.45) is 5.92 Å². The van der Waals surface area contributed by atoms with Crippen LogP contribution in [-0.2, 0) is 20.7 Å². The molecule has 1 aliphatic rings. The van der Waals surface area contributed by atoms with Crippen LogP contribution in [0.25, 0.3) is 0 Å². The molecule has 1 fully saturated rings. The standard InChI is InChI=1S/C23H25NO4/c1-4-17-7-9-19(10-8-17)24-13-18(12-22(24)26)23(27)28-14-21(25)20-11-15(2)5-6-16(20)3/h5-11,18H,4,12-14H2,1-3H3. The lowest BCUT2D eigenvalue weighted by atomic mass is 10.0. The van der Waals surface area contributed by atoms with Crippen LogP contribution in [-0.4, -0.2) is 30.8 Å². The van der Waals surface area contributed by atoms with E-state index in [2.05, 4.69) is 6.92 Å². The summed E-state index contributed by atoms with van der Waals surface area (Å²) in [6.45, 7) is 5.81. The van der Waals surface area contributed by atoms with Crippen molar-refractivity contribution in [3.05, 3.63) is 64.7 Å². The van der Waals surface area contributed by atoms with E-state index in [1.807, 2.05) is 50.2 Å². The van der Waals surface area contributed by atoms with Gasteiger partial charge in [0, 0.05) is 24.2 Å². The number of hydrogen-bond donors (Lipinski definition) is 0. The summed E-state index contributed by atoms with van der Waals surface area (Å²) in [6, 6.07) is 13.4. The number of benzene rings is 2. The molecular formula is C23H25NO4. The zero-order chi connectivity index (χ0) is 20.3. The van der Waals surface area contributed by atoms with Crippen LogP contribution in [0.1, 0.15) is 40.4 Å². The van der Waals surface area contributed by atoms with Crippen molar-refractivity contribution < 1.29 is 19.1 Å². The fourth-order valence-corrected chi connectivity index (χ4v) is 3.40. The number of esters is 1. The third kappa shape index (κ3) is 4.30. The molecule has 5 nitrogen and oxygen atoms in total. The molecule has 146 valence electrons. The highest BCUT2D eigenvalue weighted by Crippen LogP contribution is 2.26. The van der Waals surface area contributed by atoms with Gasteiger partial charge in [0.05, 0.1) is 5.92 Å². The molecule has 5 heteroatoms. The molecule has 0 aromatic heterocycles. The van der Waals surface area contributed by atoms with Crippen LogP contribution in [0.3, 0.4) is 0 Å². The lowest BCUT2D eigenvalue weighted by Crippen LogP contribution is -2.27. The first-order valence-electron chi connectivity index (χ1n) is 9.55. The van der Waals surface area contributed by atoms with Gasteiger partial charge in [0.15, 0.2) is 6.61 Å². The summed E-state index contributed by atoms with van der Waals surface area (Å²) in [4.78, 5) is 38.7. The molecule has 0 aliphatic carbocycles. The Morgan fingerprint density at radius 1 is 1.11 bits per heavy atom. The Morgan fingerprint density at radius 2 is 1.82 bits per heavy atom. The second-order valence-corrected chi connectivity index (χ2v) is 7.27. The van der Waals surface area contributed by atoms with Crippen molar-refractivity contribution in [1.82, 2.24) is 0 Å². The minimum atomic E-state index is -0.551. The van der Waals surface area contributed by atoms with Gasteiger partial charge in [0.25, 0.3) is 0 Å². The predicted molar refractivity (Wildman–Crippen MR) is 107 cm³/mol. The molecule has 2 aromatic rings. The number of carbonyl (C=O) groups is 3. The summed E-state index contributed by atoms with van der Waals surface area (Å²) in [5, 5.41) is 0.